The summed E-state index contributed by atoms with van der Waals surface area (Å²) in [6.45, 7) is 2.79. The molecule has 132 valence electrons. The van der Waals surface area contributed by atoms with Crippen molar-refractivity contribution in [2.24, 2.45) is 0 Å². The first-order chi connectivity index (χ1) is 11.6. The third-order valence-corrected chi connectivity index (χ3v) is 4.49. The molecule has 7 heteroatoms. The Morgan fingerprint density at radius 3 is 2.44 bits per heavy atom. The van der Waals surface area contributed by atoms with Gasteiger partial charge in [0, 0.05) is 24.2 Å². The van der Waals surface area contributed by atoms with Crippen LogP contribution < -0.4 is 5.32 Å². The van der Waals surface area contributed by atoms with E-state index < -0.39 is 0 Å². The van der Waals surface area contributed by atoms with E-state index in [0.29, 0.717) is 28.8 Å². The van der Waals surface area contributed by atoms with Crippen LogP contribution in [0.3, 0.4) is 0 Å². The molecule has 0 atom stereocenters. The Balaban J connectivity index is 0.00000225. The molecule has 1 heterocycles. The van der Waals surface area contributed by atoms with E-state index in [4.69, 9.17) is 23.2 Å². The van der Waals surface area contributed by atoms with Gasteiger partial charge in [0.15, 0.2) is 0 Å². The fourth-order valence-electron chi connectivity index (χ4n) is 2.48. The van der Waals surface area contributed by atoms with Crippen molar-refractivity contribution in [3.63, 3.8) is 0 Å². The van der Waals surface area contributed by atoms with Gasteiger partial charge >= 0.3 is 0 Å². The summed E-state index contributed by atoms with van der Waals surface area (Å²) >= 11 is 12.7. The van der Waals surface area contributed by atoms with Gasteiger partial charge in [-0.2, -0.15) is 5.10 Å². The second kappa shape index (κ2) is 8.68. The number of para-hydroxylation sites is 1. The summed E-state index contributed by atoms with van der Waals surface area (Å²) in [6, 6.07) is 14.1. The zero-order valence-electron chi connectivity index (χ0n) is 13.5. The van der Waals surface area contributed by atoms with Gasteiger partial charge in [0.1, 0.15) is 11.0 Å². The van der Waals surface area contributed by atoms with Crippen LogP contribution in [0.1, 0.15) is 16.8 Å². The average Bonchev–Trinajstić information content (AvgIpc) is 2.85. The highest BCUT2D eigenvalue weighted by Gasteiger charge is 2.16. The van der Waals surface area contributed by atoms with Gasteiger partial charge in [0.2, 0.25) is 0 Å². The Morgan fingerprint density at radius 1 is 1.04 bits per heavy atom. The topological polar surface area (TPSA) is 29.9 Å². The minimum atomic E-state index is -0.223. The van der Waals surface area contributed by atoms with Crippen LogP contribution in [0.15, 0.2) is 48.5 Å². The minimum absolute atomic E-state index is 0. The lowest BCUT2D eigenvalue weighted by atomic mass is 10.2. The molecule has 0 fully saturated rings. The first-order valence-electron chi connectivity index (χ1n) is 7.51. The smallest absolute Gasteiger partial charge is 0.137 e. The Labute approximate surface area is 162 Å². The maximum Gasteiger partial charge on any atom is 0.137 e. The second-order valence-corrected chi connectivity index (χ2v) is 6.18. The van der Waals surface area contributed by atoms with Gasteiger partial charge in [0.05, 0.1) is 16.4 Å². The molecule has 0 saturated heterocycles. The summed E-state index contributed by atoms with van der Waals surface area (Å²) in [6.07, 6.45) is 0. The molecule has 2 aromatic carbocycles. The molecule has 1 N–H and O–H groups in total. The van der Waals surface area contributed by atoms with Gasteiger partial charge in [-0.05, 0) is 25.1 Å². The molecule has 0 spiro atoms. The van der Waals surface area contributed by atoms with Crippen LogP contribution in [-0.2, 0) is 13.1 Å². The monoisotopic (exact) mass is 399 g/mol. The maximum atomic E-state index is 13.6. The molecule has 0 bridgehead atoms. The summed E-state index contributed by atoms with van der Waals surface area (Å²) in [7, 11) is 0. The maximum absolute atomic E-state index is 13.6. The first-order valence-corrected chi connectivity index (χ1v) is 8.26. The van der Waals surface area contributed by atoms with Crippen LogP contribution in [0.5, 0.6) is 0 Å². The van der Waals surface area contributed by atoms with Crippen molar-refractivity contribution in [2.75, 3.05) is 0 Å². The number of nitrogens with zero attached hydrogens (tertiary/aromatic N) is 2. The molecular formula is C18H17Cl3FN3. The summed E-state index contributed by atoms with van der Waals surface area (Å²) in [4.78, 5) is 0. The third kappa shape index (κ3) is 4.33. The van der Waals surface area contributed by atoms with E-state index in [9.17, 15) is 4.39 Å². The SMILES string of the molecule is Cc1nn(-c2ccccc2Cl)c(Cl)c1CNCc1ccccc1F.Cl. The van der Waals surface area contributed by atoms with E-state index >= 15 is 0 Å². The summed E-state index contributed by atoms with van der Waals surface area (Å²) in [5.74, 6) is -0.223. The third-order valence-electron chi connectivity index (χ3n) is 3.78. The van der Waals surface area contributed by atoms with Gasteiger partial charge in [-0.3, -0.25) is 0 Å². The standard InChI is InChI=1S/C18H16Cl2FN3.ClH/c1-12-14(11-22-10-13-6-2-4-8-16(13)21)18(20)24(23-12)17-9-5-3-7-15(17)19;/h2-9,22H,10-11H2,1H3;1H. The van der Waals surface area contributed by atoms with Gasteiger partial charge in [-0.1, -0.05) is 53.5 Å². The van der Waals surface area contributed by atoms with Crippen molar-refractivity contribution in [1.29, 1.82) is 0 Å². The van der Waals surface area contributed by atoms with Crippen LogP contribution in [0, 0.1) is 12.7 Å². The second-order valence-electron chi connectivity index (χ2n) is 5.41. The molecule has 0 aliphatic heterocycles. The molecule has 0 aliphatic carbocycles. The lowest BCUT2D eigenvalue weighted by Gasteiger charge is -2.07. The molecule has 0 saturated carbocycles. The molecule has 0 radical (unpaired) electrons. The summed E-state index contributed by atoms with van der Waals surface area (Å²) in [5.41, 5.74) is 3.02. The van der Waals surface area contributed by atoms with Crippen LogP contribution in [0.2, 0.25) is 10.2 Å². The highest BCUT2D eigenvalue weighted by molar-refractivity contribution is 6.33. The average molecular weight is 401 g/mol. The van der Waals surface area contributed by atoms with Crippen LogP contribution in [0.25, 0.3) is 5.69 Å². The molecular weight excluding hydrogens is 384 g/mol. The fourth-order valence-corrected chi connectivity index (χ4v) is 3.03. The molecule has 3 rings (SSSR count). The van der Waals surface area contributed by atoms with E-state index in [1.54, 1.807) is 22.9 Å². The van der Waals surface area contributed by atoms with Crippen LogP contribution in [0.4, 0.5) is 4.39 Å². The minimum Gasteiger partial charge on any atom is -0.308 e. The molecule has 0 aliphatic rings. The number of aryl methyl sites for hydroxylation is 1. The number of aromatic nitrogens is 2. The molecule has 1 aromatic heterocycles. The van der Waals surface area contributed by atoms with Crippen molar-refractivity contribution in [3.05, 3.63) is 81.3 Å². The van der Waals surface area contributed by atoms with Gasteiger partial charge < -0.3 is 5.32 Å². The number of hydrogen-bond acceptors (Lipinski definition) is 2. The van der Waals surface area contributed by atoms with Gasteiger partial charge in [-0.25, -0.2) is 9.07 Å². The van der Waals surface area contributed by atoms with E-state index in [-0.39, 0.29) is 18.2 Å². The van der Waals surface area contributed by atoms with Crippen LogP contribution in [-0.4, -0.2) is 9.78 Å². The Morgan fingerprint density at radius 2 is 1.72 bits per heavy atom. The van der Waals surface area contributed by atoms with E-state index in [2.05, 4.69) is 10.4 Å². The van der Waals surface area contributed by atoms with Crippen molar-refractivity contribution in [2.45, 2.75) is 20.0 Å². The van der Waals surface area contributed by atoms with Crippen molar-refractivity contribution in [3.8, 4) is 5.69 Å². The lowest BCUT2D eigenvalue weighted by molar-refractivity contribution is 0.587. The number of halogens is 4. The van der Waals surface area contributed by atoms with E-state index in [1.807, 2.05) is 31.2 Å². The summed E-state index contributed by atoms with van der Waals surface area (Å²) in [5, 5.41) is 8.76. The fraction of sp³-hybridized carbons (Fsp3) is 0.167. The van der Waals surface area contributed by atoms with Crippen molar-refractivity contribution in [1.82, 2.24) is 15.1 Å². The zero-order valence-corrected chi connectivity index (χ0v) is 15.8. The Kier molecular flexibility index (Phi) is 6.85. The van der Waals surface area contributed by atoms with Gasteiger partial charge in [-0.15, -0.1) is 12.4 Å². The lowest BCUT2D eigenvalue weighted by Crippen LogP contribution is -2.14. The predicted octanol–water partition coefficient (Wildman–Crippen LogP) is 5.34. The van der Waals surface area contributed by atoms with Gasteiger partial charge in [0.25, 0.3) is 0 Å². The zero-order chi connectivity index (χ0) is 17.1. The first kappa shape index (κ1) is 19.7. The van der Waals surface area contributed by atoms with E-state index in [1.165, 1.54) is 6.07 Å². The number of hydrogen-bond donors (Lipinski definition) is 1. The predicted molar refractivity (Wildman–Crippen MR) is 103 cm³/mol. The molecule has 0 unspecified atom stereocenters. The molecule has 25 heavy (non-hydrogen) atoms. The summed E-state index contributed by atoms with van der Waals surface area (Å²) < 4.78 is 15.3. The largest absolute Gasteiger partial charge is 0.308 e. The Hall–Kier alpha value is -1.59. The Bertz CT molecular complexity index is 865. The van der Waals surface area contributed by atoms with Crippen LogP contribution >= 0.6 is 35.6 Å². The molecule has 3 nitrogen and oxygen atoms in total. The molecule has 0 amide bonds. The number of rotatable bonds is 5. The number of benzene rings is 2. The van der Waals surface area contributed by atoms with E-state index in [0.717, 1.165) is 16.9 Å². The molecule has 3 aromatic rings. The van der Waals surface area contributed by atoms with Crippen molar-refractivity contribution >= 4 is 35.6 Å². The quantitative estimate of drug-likeness (QED) is 0.626. The van der Waals surface area contributed by atoms with Crippen molar-refractivity contribution < 1.29 is 4.39 Å². The normalized spacial score (nSPS) is 10.6. The highest BCUT2D eigenvalue weighted by Crippen LogP contribution is 2.27. The number of nitrogens with one attached hydrogen (secondary N) is 1. The highest BCUT2D eigenvalue weighted by atomic mass is 35.5.